The number of ether oxygens (including phenoxy) is 1. The zero-order chi connectivity index (χ0) is 22.9. The van der Waals surface area contributed by atoms with Crippen LogP contribution < -0.4 is 5.32 Å². The molecule has 1 aliphatic carbocycles. The van der Waals surface area contributed by atoms with Gasteiger partial charge in [0.1, 0.15) is 18.5 Å². The van der Waals surface area contributed by atoms with E-state index in [0.29, 0.717) is 15.2 Å². The van der Waals surface area contributed by atoms with Gasteiger partial charge in [0, 0.05) is 12.3 Å². The second-order valence-electron chi connectivity index (χ2n) is 7.78. The van der Waals surface area contributed by atoms with E-state index >= 15 is 0 Å². The number of halogens is 1. The van der Waals surface area contributed by atoms with Crippen LogP contribution in [0.4, 0.5) is 9.18 Å². The average Bonchev–Trinajstić information content (AvgIpc) is 3.35. The number of aromatic nitrogens is 1. The van der Waals surface area contributed by atoms with Gasteiger partial charge in [-0.2, -0.15) is 0 Å². The molecular weight excluding hydrogens is 443 g/mol. The van der Waals surface area contributed by atoms with E-state index in [4.69, 9.17) is 4.74 Å². The number of carboxylic acid groups (broad SMARTS) is 1. The number of carboxylic acids is 1. The average molecular weight is 463 g/mol. The molecule has 166 valence electrons. The summed E-state index contributed by atoms with van der Waals surface area (Å²) in [4.78, 5) is 28.6. The molecule has 1 unspecified atom stereocenters. The lowest BCUT2D eigenvalue weighted by molar-refractivity contribution is -0.139. The highest BCUT2D eigenvalue weighted by Gasteiger charge is 2.30. The molecule has 4 aromatic rings. The zero-order valence-electron chi connectivity index (χ0n) is 17.3. The van der Waals surface area contributed by atoms with Crippen LogP contribution in [-0.2, 0) is 16.0 Å². The summed E-state index contributed by atoms with van der Waals surface area (Å²) in [6, 6.07) is 18.9. The van der Waals surface area contributed by atoms with E-state index in [0.717, 1.165) is 22.3 Å². The number of benzene rings is 3. The van der Waals surface area contributed by atoms with Crippen LogP contribution in [0.2, 0.25) is 0 Å². The summed E-state index contributed by atoms with van der Waals surface area (Å²) in [5.41, 5.74) is 4.95. The third-order valence-corrected chi connectivity index (χ3v) is 6.75. The Morgan fingerprint density at radius 1 is 1.06 bits per heavy atom. The summed E-state index contributed by atoms with van der Waals surface area (Å²) in [5.74, 6) is -1.70. The van der Waals surface area contributed by atoms with Gasteiger partial charge in [0.2, 0.25) is 0 Å². The molecule has 0 saturated heterocycles. The van der Waals surface area contributed by atoms with Gasteiger partial charge in [0.15, 0.2) is 0 Å². The predicted molar refractivity (Wildman–Crippen MR) is 123 cm³/mol. The second kappa shape index (κ2) is 8.63. The number of hydrogen-bond acceptors (Lipinski definition) is 5. The first kappa shape index (κ1) is 21.1. The molecule has 0 aliphatic heterocycles. The molecule has 5 rings (SSSR count). The van der Waals surface area contributed by atoms with Gasteiger partial charge >= 0.3 is 12.1 Å². The van der Waals surface area contributed by atoms with Gasteiger partial charge in [0.05, 0.1) is 15.2 Å². The normalized spacial score (nSPS) is 13.4. The van der Waals surface area contributed by atoms with Crippen LogP contribution >= 0.6 is 11.3 Å². The highest BCUT2D eigenvalue weighted by Crippen LogP contribution is 2.44. The van der Waals surface area contributed by atoms with Crippen molar-refractivity contribution in [3.05, 3.63) is 88.7 Å². The van der Waals surface area contributed by atoms with Gasteiger partial charge in [-0.3, -0.25) is 0 Å². The molecule has 1 amide bonds. The van der Waals surface area contributed by atoms with Crippen molar-refractivity contribution >= 4 is 33.6 Å². The fraction of sp³-hybridized carbons (Fsp3) is 0.160. The summed E-state index contributed by atoms with van der Waals surface area (Å²) in [7, 11) is 0. The molecule has 0 saturated carbocycles. The summed E-state index contributed by atoms with van der Waals surface area (Å²) in [6.45, 7) is 0.0899. The monoisotopic (exact) mass is 462 g/mol. The maximum Gasteiger partial charge on any atom is 0.407 e. The summed E-state index contributed by atoms with van der Waals surface area (Å²) < 4.78 is 19.5. The number of carbonyl (C=O) groups excluding carboxylic acids is 1. The molecule has 0 radical (unpaired) electrons. The lowest BCUT2D eigenvalue weighted by atomic mass is 9.98. The van der Waals surface area contributed by atoms with Crippen molar-refractivity contribution in [3.8, 4) is 11.1 Å². The Morgan fingerprint density at radius 3 is 2.39 bits per heavy atom. The van der Waals surface area contributed by atoms with Gasteiger partial charge in [-0.15, -0.1) is 11.3 Å². The van der Waals surface area contributed by atoms with E-state index in [1.807, 2.05) is 48.5 Å². The van der Waals surface area contributed by atoms with E-state index in [2.05, 4.69) is 10.3 Å². The fourth-order valence-electron chi connectivity index (χ4n) is 4.19. The number of fused-ring (bicyclic) bond motifs is 4. The Morgan fingerprint density at radius 2 is 1.73 bits per heavy atom. The van der Waals surface area contributed by atoms with Crippen LogP contribution in [0.3, 0.4) is 0 Å². The van der Waals surface area contributed by atoms with Crippen LogP contribution in [0.1, 0.15) is 22.1 Å². The van der Waals surface area contributed by atoms with Crippen LogP contribution in [0.5, 0.6) is 0 Å². The molecule has 1 atom stereocenters. The first-order valence-electron chi connectivity index (χ1n) is 10.4. The lowest BCUT2D eigenvalue weighted by Crippen LogP contribution is -2.42. The van der Waals surface area contributed by atoms with Crippen LogP contribution in [0, 0.1) is 5.82 Å². The number of thiazole rings is 1. The molecule has 1 aromatic heterocycles. The van der Waals surface area contributed by atoms with E-state index < -0.39 is 18.1 Å². The standard InChI is InChI=1S/C25H19FN2O4S/c26-14-9-10-20-22(11-14)33-23(27-20)12-21(24(29)30)28-25(31)32-13-19-17-7-3-1-5-15(17)16-6-2-4-8-18(16)19/h1-11,19,21H,12-13H2,(H,28,31)(H,29,30). The van der Waals surface area contributed by atoms with Crippen molar-refractivity contribution in [1.82, 2.24) is 10.3 Å². The van der Waals surface area contributed by atoms with Gasteiger partial charge < -0.3 is 15.2 Å². The van der Waals surface area contributed by atoms with Crippen molar-refractivity contribution in [2.24, 2.45) is 0 Å². The summed E-state index contributed by atoms with van der Waals surface area (Å²) in [5, 5.41) is 12.5. The smallest absolute Gasteiger partial charge is 0.407 e. The van der Waals surface area contributed by atoms with Crippen molar-refractivity contribution in [3.63, 3.8) is 0 Å². The minimum atomic E-state index is -1.22. The first-order valence-corrected chi connectivity index (χ1v) is 11.2. The van der Waals surface area contributed by atoms with Gasteiger partial charge in [-0.1, -0.05) is 48.5 Å². The highest BCUT2D eigenvalue weighted by molar-refractivity contribution is 7.18. The minimum Gasteiger partial charge on any atom is -0.480 e. The predicted octanol–water partition coefficient (Wildman–Crippen LogP) is 4.97. The third kappa shape index (κ3) is 4.17. The molecule has 0 bridgehead atoms. The number of aliphatic carboxylic acids is 1. The number of hydrogen-bond donors (Lipinski definition) is 2. The summed E-state index contributed by atoms with van der Waals surface area (Å²) >= 11 is 1.20. The molecule has 6 nitrogen and oxygen atoms in total. The first-order chi connectivity index (χ1) is 16.0. The van der Waals surface area contributed by atoms with Gasteiger partial charge in [-0.25, -0.2) is 19.0 Å². The Kier molecular flexibility index (Phi) is 5.51. The maximum atomic E-state index is 13.4. The fourth-order valence-corrected chi connectivity index (χ4v) is 5.23. The van der Waals surface area contributed by atoms with Crippen molar-refractivity contribution < 1.29 is 23.8 Å². The molecule has 33 heavy (non-hydrogen) atoms. The molecule has 1 heterocycles. The van der Waals surface area contributed by atoms with Gasteiger partial charge in [0.25, 0.3) is 0 Å². The second-order valence-corrected chi connectivity index (χ2v) is 8.90. The van der Waals surface area contributed by atoms with E-state index in [-0.39, 0.29) is 24.8 Å². The number of alkyl carbamates (subject to hydrolysis) is 1. The molecule has 8 heteroatoms. The van der Waals surface area contributed by atoms with Crippen LogP contribution in [0.15, 0.2) is 66.7 Å². The molecule has 2 N–H and O–H groups in total. The maximum absolute atomic E-state index is 13.4. The SMILES string of the molecule is O=C(NC(Cc1nc2ccc(F)cc2s1)C(=O)O)OCC1c2ccccc2-c2ccccc21. The van der Waals surface area contributed by atoms with Crippen molar-refractivity contribution in [2.45, 2.75) is 18.4 Å². The molecule has 3 aromatic carbocycles. The topological polar surface area (TPSA) is 88.5 Å². The van der Waals surface area contributed by atoms with Crippen LogP contribution in [-0.4, -0.2) is 34.8 Å². The zero-order valence-corrected chi connectivity index (χ0v) is 18.1. The quantitative estimate of drug-likeness (QED) is 0.422. The van der Waals surface area contributed by atoms with E-state index in [1.165, 1.54) is 23.5 Å². The summed E-state index contributed by atoms with van der Waals surface area (Å²) in [6.07, 6.45) is -0.836. The van der Waals surface area contributed by atoms with Crippen molar-refractivity contribution in [1.29, 1.82) is 0 Å². The Bertz CT molecular complexity index is 1320. The molecule has 1 aliphatic rings. The molecule has 0 spiro atoms. The number of nitrogens with zero attached hydrogens (tertiary/aromatic N) is 1. The number of amides is 1. The number of carbonyl (C=O) groups is 2. The molecule has 0 fully saturated rings. The van der Waals surface area contributed by atoms with Gasteiger partial charge in [-0.05, 0) is 40.5 Å². The van der Waals surface area contributed by atoms with E-state index in [1.54, 1.807) is 6.07 Å². The minimum absolute atomic E-state index is 0.0273. The Labute approximate surface area is 192 Å². The third-order valence-electron chi connectivity index (χ3n) is 5.71. The number of rotatable bonds is 6. The molecular formula is C25H19FN2O4S. The Hall–Kier alpha value is -3.78. The Balaban J connectivity index is 1.27. The lowest BCUT2D eigenvalue weighted by Gasteiger charge is -2.17. The largest absolute Gasteiger partial charge is 0.480 e. The van der Waals surface area contributed by atoms with E-state index in [9.17, 15) is 19.1 Å². The van der Waals surface area contributed by atoms with Crippen molar-refractivity contribution in [2.75, 3.05) is 6.61 Å². The highest BCUT2D eigenvalue weighted by atomic mass is 32.1. The van der Waals surface area contributed by atoms with Crippen LogP contribution in [0.25, 0.3) is 21.3 Å². The number of nitrogens with one attached hydrogen (secondary N) is 1.